The summed E-state index contributed by atoms with van der Waals surface area (Å²) < 4.78 is 2.41. The normalized spacial score (nSPS) is 11.1. The van der Waals surface area contributed by atoms with Gasteiger partial charge in [0.15, 0.2) is 0 Å². The van der Waals surface area contributed by atoms with Crippen molar-refractivity contribution in [3.8, 4) is 39.1 Å². The molecule has 0 amide bonds. The standard InChI is InChI=1S/C44H30N4.Al.3ClH/c1-5-13-30(14-6-1)41-39-26-25-36(47-39)28-35-22-21-33(45-35)27-34-23-24-37(46-34)29-40-42(31-15-7-2-8-16-31)43(32-17-9-3-10-18-32)44(41)48(40)38-19-11-4-12-20-38;;;;/h1-29,45H;;3*1H/q;+3;;;/p-3. The van der Waals surface area contributed by atoms with Gasteiger partial charge in [0, 0.05) is 33.4 Å². The molecule has 8 heteroatoms. The van der Waals surface area contributed by atoms with Crippen LogP contribution in [0, 0.1) is 0 Å². The third kappa shape index (κ3) is 7.16. The van der Waals surface area contributed by atoms with Gasteiger partial charge in [0.25, 0.3) is 0 Å². The van der Waals surface area contributed by atoms with Crippen molar-refractivity contribution >= 4 is 63.7 Å². The zero-order valence-electron chi connectivity index (χ0n) is 27.8. The molecule has 2 aliphatic rings. The van der Waals surface area contributed by atoms with E-state index in [0.29, 0.717) is 0 Å². The summed E-state index contributed by atoms with van der Waals surface area (Å²) in [7, 11) is 0. The summed E-state index contributed by atoms with van der Waals surface area (Å²) in [5, 5.41) is 0. The van der Waals surface area contributed by atoms with E-state index in [1.807, 2.05) is 0 Å². The van der Waals surface area contributed by atoms with Crippen LogP contribution in [0.2, 0.25) is 0 Å². The molecule has 8 bridgehead atoms. The number of nitrogens with one attached hydrogen (secondary N) is 1. The number of H-pyrrole nitrogens is 1. The van der Waals surface area contributed by atoms with Crippen molar-refractivity contribution in [3.05, 3.63) is 174 Å². The fourth-order valence-electron chi connectivity index (χ4n) is 6.81. The minimum Gasteiger partial charge on any atom is -1.00 e. The first-order valence-corrected chi connectivity index (χ1v) is 16.2. The van der Waals surface area contributed by atoms with E-state index < -0.39 is 0 Å². The molecule has 4 nitrogen and oxygen atoms in total. The summed E-state index contributed by atoms with van der Waals surface area (Å²) in [6.07, 6.45) is 8.44. The molecule has 4 aromatic carbocycles. The minimum absolute atomic E-state index is 0. The summed E-state index contributed by atoms with van der Waals surface area (Å²) in [4.78, 5) is 13.9. The van der Waals surface area contributed by atoms with Crippen molar-refractivity contribution in [3.63, 3.8) is 0 Å². The van der Waals surface area contributed by atoms with E-state index in [4.69, 9.17) is 9.97 Å². The van der Waals surface area contributed by atoms with Gasteiger partial charge < -0.3 is 46.8 Å². The molecule has 0 saturated carbocycles. The molecule has 52 heavy (non-hydrogen) atoms. The summed E-state index contributed by atoms with van der Waals surface area (Å²) in [6, 6.07) is 53.3. The minimum atomic E-state index is 0. The van der Waals surface area contributed by atoms with E-state index in [2.05, 4.69) is 186 Å². The Hall–Kier alpha value is -5.12. The van der Waals surface area contributed by atoms with Crippen LogP contribution < -0.4 is 37.2 Å². The van der Waals surface area contributed by atoms with Crippen molar-refractivity contribution in [1.29, 1.82) is 0 Å². The van der Waals surface area contributed by atoms with Gasteiger partial charge in [0.1, 0.15) is 0 Å². The maximum Gasteiger partial charge on any atom is 3.00 e. The first-order valence-electron chi connectivity index (χ1n) is 16.2. The Morgan fingerprint density at radius 1 is 0.423 bits per heavy atom. The van der Waals surface area contributed by atoms with Crippen LogP contribution in [0.25, 0.3) is 85.4 Å². The summed E-state index contributed by atoms with van der Waals surface area (Å²) in [6.45, 7) is 0. The van der Waals surface area contributed by atoms with E-state index >= 15 is 0 Å². The Bertz CT molecular complexity index is 2550. The van der Waals surface area contributed by atoms with Crippen molar-refractivity contribution in [2.24, 2.45) is 0 Å². The van der Waals surface area contributed by atoms with Gasteiger partial charge in [-0.1, -0.05) is 109 Å². The molecule has 0 fully saturated rings. The van der Waals surface area contributed by atoms with Gasteiger partial charge >= 0.3 is 17.4 Å². The maximum atomic E-state index is 5.29. The smallest absolute Gasteiger partial charge is 1.00 e. The molecule has 0 atom stereocenters. The second-order valence-corrected chi connectivity index (χ2v) is 12.0. The number of rotatable bonds is 4. The molecule has 7 aromatic rings. The van der Waals surface area contributed by atoms with Crippen molar-refractivity contribution in [1.82, 2.24) is 19.5 Å². The van der Waals surface area contributed by atoms with Crippen LogP contribution in [0.4, 0.5) is 0 Å². The third-order valence-corrected chi connectivity index (χ3v) is 8.87. The third-order valence-electron chi connectivity index (χ3n) is 8.87. The van der Waals surface area contributed by atoms with Gasteiger partial charge in [-0.2, -0.15) is 0 Å². The maximum absolute atomic E-state index is 5.29. The van der Waals surface area contributed by atoms with Crippen LogP contribution in [0.15, 0.2) is 152 Å². The molecule has 3 aromatic heterocycles. The molecule has 2 aliphatic heterocycles. The van der Waals surface area contributed by atoms with E-state index in [0.717, 1.165) is 83.9 Å². The SMILES string of the molecule is C1=Cc2cc3c(-c4ccccc4)c(-c4ccccc4)c(c(-c4ccccc4)c4nc(cc5ccc(cc1n2)[nH]5)C=C4)n3-c1ccccc1.[Al+3].[Cl-].[Cl-].[Cl-]. The van der Waals surface area contributed by atoms with Crippen LogP contribution in [0.5, 0.6) is 0 Å². The van der Waals surface area contributed by atoms with Crippen LogP contribution in [0.3, 0.4) is 0 Å². The van der Waals surface area contributed by atoms with Crippen molar-refractivity contribution in [2.45, 2.75) is 0 Å². The zero-order chi connectivity index (χ0) is 31.9. The second-order valence-electron chi connectivity index (χ2n) is 12.0. The molecular formula is C44H30AlCl3N4. The van der Waals surface area contributed by atoms with Crippen LogP contribution in [0.1, 0.15) is 22.8 Å². The monoisotopic (exact) mass is 746 g/mol. The molecule has 0 saturated heterocycles. The molecule has 0 unspecified atom stereocenters. The van der Waals surface area contributed by atoms with E-state index in [1.165, 1.54) is 0 Å². The largest absolute Gasteiger partial charge is 3.00 e. The van der Waals surface area contributed by atoms with Gasteiger partial charge in [0.05, 0.1) is 33.8 Å². The molecule has 9 rings (SSSR count). The number of aromatic amines is 1. The number of aromatic nitrogens is 4. The molecule has 1 N–H and O–H groups in total. The van der Waals surface area contributed by atoms with Crippen molar-refractivity contribution < 1.29 is 37.2 Å². The molecule has 5 heterocycles. The van der Waals surface area contributed by atoms with Gasteiger partial charge in [-0.05, 0) is 83.5 Å². The average molecular weight is 748 g/mol. The first-order chi connectivity index (χ1) is 23.8. The summed E-state index contributed by atoms with van der Waals surface area (Å²) >= 11 is 0. The van der Waals surface area contributed by atoms with Gasteiger partial charge in [0.2, 0.25) is 0 Å². The molecule has 0 spiro atoms. The average Bonchev–Trinajstić information content (AvgIpc) is 3.95. The van der Waals surface area contributed by atoms with E-state index in [9.17, 15) is 0 Å². The number of para-hydroxylation sites is 1. The topological polar surface area (TPSA) is 46.5 Å². The zero-order valence-corrected chi connectivity index (χ0v) is 31.2. The molecule has 0 radical (unpaired) electrons. The molecular weight excluding hydrogens is 718 g/mol. The fourth-order valence-corrected chi connectivity index (χ4v) is 6.81. The quantitative estimate of drug-likeness (QED) is 0.280. The van der Waals surface area contributed by atoms with Crippen molar-refractivity contribution in [2.75, 3.05) is 0 Å². The second kappa shape index (κ2) is 16.5. The predicted octanol–water partition coefficient (Wildman–Crippen LogP) is 1.75. The number of benzene rings is 4. The Morgan fingerprint density at radius 2 is 0.865 bits per heavy atom. The van der Waals surface area contributed by atoms with Gasteiger partial charge in [-0.25, -0.2) is 9.97 Å². The fraction of sp³-hybridized carbons (Fsp3) is 0. The Morgan fingerprint density at radius 3 is 1.42 bits per heavy atom. The number of fused-ring (bicyclic) bond motifs is 8. The Kier molecular flexibility index (Phi) is 12.1. The predicted molar refractivity (Wildman–Crippen MR) is 206 cm³/mol. The Balaban J connectivity index is 0.00000131. The van der Waals surface area contributed by atoms with Gasteiger partial charge in [-0.3, -0.25) is 0 Å². The van der Waals surface area contributed by atoms with Crippen LogP contribution >= 0.6 is 0 Å². The number of hydrogen-bond acceptors (Lipinski definition) is 2. The first kappa shape index (κ1) is 38.1. The summed E-state index contributed by atoms with van der Waals surface area (Å²) in [5.74, 6) is 0. The number of halogens is 3. The summed E-state index contributed by atoms with van der Waals surface area (Å²) in [5.41, 5.74) is 15.4. The number of nitrogens with zero attached hydrogens (tertiary/aromatic N) is 3. The molecule has 250 valence electrons. The van der Waals surface area contributed by atoms with E-state index in [1.54, 1.807) is 0 Å². The Labute approximate surface area is 332 Å². The number of hydrogen-bond donors (Lipinski definition) is 1. The van der Waals surface area contributed by atoms with Gasteiger partial charge in [-0.15, -0.1) is 0 Å². The van der Waals surface area contributed by atoms with Crippen LogP contribution in [-0.4, -0.2) is 36.9 Å². The molecule has 0 aliphatic carbocycles. The van der Waals surface area contributed by atoms with E-state index in [-0.39, 0.29) is 54.6 Å². The van der Waals surface area contributed by atoms with Crippen LogP contribution in [-0.2, 0) is 0 Å².